The quantitative estimate of drug-likeness (QED) is 0.790. The molecule has 2 aromatic rings. The molecule has 0 heterocycles. The number of carbonyl (C=O) groups is 3. The van der Waals surface area contributed by atoms with Crippen LogP contribution < -0.4 is 10.6 Å². The molecule has 2 aromatic carbocycles. The first-order valence-corrected chi connectivity index (χ1v) is 7.40. The predicted octanol–water partition coefficient (Wildman–Crippen LogP) is 1.77. The number of ether oxygens (including phenoxy) is 1. The third kappa shape index (κ3) is 4.95. The first-order chi connectivity index (χ1) is 11.6. The Morgan fingerprint density at radius 1 is 0.917 bits per heavy atom. The number of rotatable bonds is 6. The van der Waals surface area contributed by atoms with Gasteiger partial charge in [-0.15, -0.1) is 0 Å². The van der Waals surface area contributed by atoms with Gasteiger partial charge in [0.1, 0.15) is 0 Å². The summed E-state index contributed by atoms with van der Waals surface area (Å²) in [5.41, 5.74) is 1.72. The van der Waals surface area contributed by atoms with Crippen LogP contribution in [0.25, 0.3) is 0 Å². The fraction of sp³-hybridized carbons (Fsp3) is 0.167. The number of nitrogens with one attached hydrogen (secondary N) is 2. The molecule has 0 aliphatic heterocycles. The fourth-order valence-electron chi connectivity index (χ4n) is 2.11. The van der Waals surface area contributed by atoms with Gasteiger partial charge in [0, 0.05) is 12.7 Å². The first-order valence-electron chi connectivity index (χ1n) is 7.40. The molecule has 24 heavy (non-hydrogen) atoms. The number of hydrogen-bond donors (Lipinski definition) is 2. The number of esters is 1. The van der Waals surface area contributed by atoms with Gasteiger partial charge in [0.25, 0.3) is 5.91 Å². The van der Waals surface area contributed by atoms with Crippen molar-refractivity contribution >= 4 is 23.5 Å². The van der Waals surface area contributed by atoms with E-state index in [-0.39, 0.29) is 6.42 Å². The van der Waals surface area contributed by atoms with Crippen LogP contribution in [0.3, 0.4) is 0 Å². The summed E-state index contributed by atoms with van der Waals surface area (Å²) < 4.78 is 4.94. The molecule has 6 heteroatoms. The second kappa shape index (κ2) is 8.47. The molecule has 0 atom stereocenters. The predicted molar refractivity (Wildman–Crippen MR) is 89.6 cm³/mol. The minimum Gasteiger partial charge on any atom is -0.452 e. The van der Waals surface area contributed by atoms with E-state index in [0.29, 0.717) is 11.3 Å². The van der Waals surface area contributed by atoms with Crippen LogP contribution in [-0.2, 0) is 20.7 Å². The molecule has 0 aliphatic rings. The molecular formula is C18H18N2O4. The van der Waals surface area contributed by atoms with Gasteiger partial charge in [-0.2, -0.15) is 0 Å². The lowest BCUT2D eigenvalue weighted by Crippen LogP contribution is -2.35. The van der Waals surface area contributed by atoms with Crippen molar-refractivity contribution in [3.8, 4) is 0 Å². The summed E-state index contributed by atoms with van der Waals surface area (Å²) in [6, 6.07) is 15.8. The van der Waals surface area contributed by atoms with E-state index in [0.717, 1.165) is 5.56 Å². The Balaban J connectivity index is 1.82. The van der Waals surface area contributed by atoms with Crippen LogP contribution in [0, 0.1) is 0 Å². The summed E-state index contributed by atoms with van der Waals surface area (Å²) in [5.74, 6) is -1.74. The minimum atomic E-state index is -0.661. The summed E-state index contributed by atoms with van der Waals surface area (Å²) in [7, 11) is 1.68. The molecule has 2 rings (SSSR count). The molecule has 2 N–H and O–H groups in total. The van der Waals surface area contributed by atoms with E-state index in [2.05, 4.69) is 10.6 Å². The van der Waals surface area contributed by atoms with Crippen LogP contribution in [0.5, 0.6) is 0 Å². The second-order valence-corrected chi connectivity index (χ2v) is 5.01. The third-order valence-corrected chi connectivity index (χ3v) is 3.24. The Bertz CT molecular complexity index is 729. The zero-order chi connectivity index (χ0) is 17.4. The van der Waals surface area contributed by atoms with Crippen molar-refractivity contribution in [1.82, 2.24) is 5.32 Å². The van der Waals surface area contributed by atoms with Crippen molar-refractivity contribution in [3.05, 3.63) is 65.7 Å². The number of benzene rings is 2. The maximum Gasteiger partial charge on any atom is 0.340 e. The average molecular weight is 326 g/mol. The highest BCUT2D eigenvalue weighted by atomic mass is 16.5. The number of imide groups is 1. The maximum absolute atomic E-state index is 12.0. The maximum atomic E-state index is 12.0. The van der Waals surface area contributed by atoms with E-state index in [1.807, 2.05) is 18.2 Å². The van der Waals surface area contributed by atoms with Gasteiger partial charge in [0.2, 0.25) is 5.91 Å². The fourth-order valence-corrected chi connectivity index (χ4v) is 2.11. The summed E-state index contributed by atoms with van der Waals surface area (Å²) in [4.78, 5) is 35.4. The topological polar surface area (TPSA) is 84.5 Å². The number of amides is 2. The van der Waals surface area contributed by atoms with Crippen LogP contribution in [0.15, 0.2) is 54.6 Å². The van der Waals surface area contributed by atoms with Crippen molar-refractivity contribution in [2.45, 2.75) is 6.42 Å². The van der Waals surface area contributed by atoms with Crippen LogP contribution >= 0.6 is 0 Å². The minimum absolute atomic E-state index is 0.0864. The van der Waals surface area contributed by atoms with E-state index in [1.165, 1.54) is 0 Å². The zero-order valence-electron chi connectivity index (χ0n) is 13.2. The van der Waals surface area contributed by atoms with Gasteiger partial charge >= 0.3 is 5.97 Å². The molecule has 0 aromatic heterocycles. The number of anilines is 1. The summed E-state index contributed by atoms with van der Waals surface area (Å²) in [6.45, 7) is -0.516. The van der Waals surface area contributed by atoms with Crippen molar-refractivity contribution in [1.29, 1.82) is 0 Å². The Morgan fingerprint density at radius 2 is 1.58 bits per heavy atom. The smallest absolute Gasteiger partial charge is 0.340 e. The van der Waals surface area contributed by atoms with Crippen LogP contribution in [0.1, 0.15) is 15.9 Å². The van der Waals surface area contributed by atoms with Crippen molar-refractivity contribution < 1.29 is 19.1 Å². The van der Waals surface area contributed by atoms with Gasteiger partial charge in [-0.05, 0) is 17.7 Å². The molecule has 0 aliphatic carbocycles. The first kappa shape index (κ1) is 17.2. The van der Waals surface area contributed by atoms with Crippen LogP contribution in [0.4, 0.5) is 5.69 Å². The average Bonchev–Trinajstić information content (AvgIpc) is 2.60. The Hall–Kier alpha value is -3.15. The lowest BCUT2D eigenvalue weighted by atomic mass is 10.1. The zero-order valence-corrected chi connectivity index (χ0v) is 13.2. The summed E-state index contributed by atoms with van der Waals surface area (Å²) in [5, 5.41) is 5.06. The molecule has 124 valence electrons. The van der Waals surface area contributed by atoms with E-state index < -0.39 is 24.4 Å². The molecule has 0 radical (unpaired) electrons. The highest BCUT2D eigenvalue weighted by Crippen LogP contribution is 2.15. The van der Waals surface area contributed by atoms with Gasteiger partial charge in [-0.3, -0.25) is 14.9 Å². The molecule has 0 fully saturated rings. The van der Waals surface area contributed by atoms with Gasteiger partial charge < -0.3 is 10.1 Å². The van der Waals surface area contributed by atoms with E-state index in [9.17, 15) is 14.4 Å². The van der Waals surface area contributed by atoms with Crippen LogP contribution in [0.2, 0.25) is 0 Å². The lowest BCUT2D eigenvalue weighted by molar-refractivity contribution is -0.132. The van der Waals surface area contributed by atoms with Crippen molar-refractivity contribution in [3.63, 3.8) is 0 Å². The normalized spacial score (nSPS) is 9.88. The summed E-state index contributed by atoms with van der Waals surface area (Å²) >= 11 is 0. The molecular weight excluding hydrogens is 308 g/mol. The molecule has 0 saturated heterocycles. The standard InChI is InChI=1S/C18H18N2O4/c1-19-15-10-6-5-9-14(15)18(23)24-12-17(22)20-16(21)11-13-7-3-2-4-8-13/h2-10,19H,11-12H2,1H3,(H,20,21,22). The molecule has 0 spiro atoms. The highest BCUT2D eigenvalue weighted by molar-refractivity contribution is 5.99. The Labute approximate surface area is 139 Å². The molecule has 6 nitrogen and oxygen atoms in total. The Kier molecular flexibility index (Phi) is 6.08. The SMILES string of the molecule is CNc1ccccc1C(=O)OCC(=O)NC(=O)Cc1ccccc1. The van der Waals surface area contributed by atoms with E-state index in [1.54, 1.807) is 43.4 Å². The monoisotopic (exact) mass is 326 g/mol. The lowest BCUT2D eigenvalue weighted by Gasteiger charge is -2.09. The number of carbonyl (C=O) groups excluding carboxylic acids is 3. The largest absolute Gasteiger partial charge is 0.452 e. The Morgan fingerprint density at radius 3 is 2.29 bits per heavy atom. The molecule has 0 unspecified atom stereocenters. The second-order valence-electron chi connectivity index (χ2n) is 5.01. The summed E-state index contributed by atoms with van der Waals surface area (Å²) in [6.07, 6.45) is 0.0864. The number of hydrogen-bond acceptors (Lipinski definition) is 5. The van der Waals surface area contributed by atoms with Crippen molar-refractivity contribution in [2.75, 3.05) is 19.0 Å². The number of para-hydroxylation sites is 1. The van der Waals surface area contributed by atoms with Crippen LogP contribution in [-0.4, -0.2) is 31.4 Å². The van der Waals surface area contributed by atoms with Crippen molar-refractivity contribution in [2.24, 2.45) is 0 Å². The molecule has 0 bridgehead atoms. The van der Waals surface area contributed by atoms with Gasteiger partial charge in [0.05, 0.1) is 12.0 Å². The van der Waals surface area contributed by atoms with E-state index in [4.69, 9.17) is 4.74 Å². The molecule has 2 amide bonds. The molecule has 0 saturated carbocycles. The van der Waals surface area contributed by atoms with Gasteiger partial charge in [0.15, 0.2) is 6.61 Å². The van der Waals surface area contributed by atoms with E-state index >= 15 is 0 Å². The highest BCUT2D eigenvalue weighted by Gasteiger charge is 2.15. The third-order valence-electron chi connectivity index (χ3n) is 3.24. The van der Waals surface area contributed by atoms with Gasteiger partial charge in [-0.1, -0.05) is 42.5 Å². The van der Waals surface area contributed by atoms with Gasteiger partial charge in [-0.25, -0.2) is 4.79 Å².